The Hall–Kier alpha value is -2.80. The number of hydrogen-bond acceptors (Lipinski definition) is 5. The first-order valence-electron chi connectivity index (χ1n) is 7.20. The van der Waals surface area contributed by atoms with E-state index in [1.165, 1.54) is 18.9 Å². The number of ether oxygens (including phenoxy) is 1. The van der Waals surface area contributed by atoms with Crippen LogP contribution in [-0.2, 0) is 9.53 Å². The van der Waals surface area contributed by atoms with E-state index in [9.17, 15) is 9.59 Å². The van der Waals surface area contributed by atoms with Gasteiger partial charge in [0, 0.05) is 11.9 Å². The largest absolute Gasteiger partial charge is 0.465 e. The van der Waals surface area contributed by atoms with Crippen LogP contribution in [0.3, 0.4) is 0 Å². The summed E-state index contributed by atoms with van der Waals surface area (Å²) in [5, 5.41) is 3.52. The lowest BCUT2D eigenvalue weighted by Crippen LogP contribution is -2.14. The maximum Gasteiger partial charge on any atom is 0.337 e. The van der Waals surface area contributed by atoms with Crippen LogP contribution in [0, 0.1) is 0 Å². The first-order valence-corrected chi connectivity index (χ1v) is 8.19. The van der Waals surface area contributed by atoms with Gasteiger partial charge < -0.3 is 10.1 Å². The van der Waals surface area contributed by atoms with Crippen molar-refractivity contribution >= 4 is 34.8 Å². The number of fused-ring (bicyclic) bond motifs is 1. The Kier molecular flexibility index (Phi) is 4.81. The molecule has 0 spiro atoms. The highest BCUT2D eigenvalue weighted by molar-refractivity contribution is 7.99. The van der Waals surface area contributed by atoms with Crippen LogP contribution in [0.15, 0.2) is 60.0 Å². The van der Waals surface area contributed by atoms with E-state index < -0.39 is 5.97 Å². The molecule has 1 amide bonds. The second-order valence-corrected chi connectivity index (χ2v) is 5.89. The van der Waals surface area contributed by atoms with Crippen LogP contribution in [0.5, 0.6) is 0 Å². The molecule has 3 rings (SSSR count). The normalized spacial score (nSPS) is 10.5. The van der Waals surface area contributed by atoms with E-state index >= 15 is 0 Å². The van der Waals surface area contributed by atoms with Gasteiger partial charge in [-0.2, -0.15) is 0 Å². The Morgan fingerprint density at radius 1 is 1.25 bits per heavy atom. The molecule has 0 atom stereocenters. The van der Waals surface area contributed by atoms with Crippen LogP contribution in [0.2, 0.25) is 0 Å². The first kappa shape index (κ1) is 16.1. The fourth-order valence-electron chi connectivity index (χ4n) is 2.20. The smallest absolute Gasteiger partial charge is 0.337 e. The molecule has 0 saturated heterocycles. The van der Waals surface area contributed by atoms with E-state index in [0.717, 1.165) is 10.7 Å². The minimum atomic E-state index is -0.440. The summed E-state index contributed by atoms with van der Waals surface area (Å²) in [7, 11) is 1.32. The summed E-state index contributed by atoms with van der Waals surface area (Å²) in [6, 6.07) is 12.4. The molecule has 0 aliphatic carbocycles. The minimum absolute atomic E-state index is 0.172. The lowest BCUT2D eigenvalue weighted by molar-refractivity contribution is -0.113. The van der Waals surface area contributed by atoms with E-state index in [-0.39, 0.29) is 11.7 Å². The Balaban J connectivity index is 1.63. The third kappa shape index (κ3) is 3.57. The number of esters is 1. The van der Waals surface area contributed by atoms with Crippen molar-refractivity contribution in [1.82, 2.24) is 9.38 Å². The van der Waals surface area contributed by atoms with Gasteiger partial charge in [0.2, 0.25) is 5.91 Å². The van der Waals surface area contributed by atoms with Gasteiger partial charge in [0.05, 0.1) is 30.1 Å². The maximum absolute atomic E-state index is 12.1. The molecule has 1 aromatic carbocycles. The summed E-state index contributed by atoms with van der Waals surface area (Å²) < 4.78 is 6.59. The van der Waals surface area contributed by atoms with Crippen molar-refractivity contribution in [3.63, 3.8) is 0 Å². The molecule has 0 fully saturated rings. The molecule has 7 heteroatoms. The van der Waals surface area contributed by atoms with Crippen LogP contribution in [-0.4, -0.2) is 34.1 Å². The molecule has 3 aromatic rings. The number of imidazole rings is 1. The average Bonchev–Trinajstić information content (AvgIpc) is 3.03. The minimum Gasteiger partial charge on any atom is -0.465 e. The number of benzene rings is 1. The number of amides is 1. The third-order valence-corrected chi connectivity index (χ3v) is 4.27. The van der Waals surface area contributed by atoms with Crippen LogP contribution in [0.4, 0.5) is 5.69 Å². The molecular weight excluding hydrogens is 326 g/mol. The molecule has 122 valence electrons. The van der Waals surface area contributed by atoms with Gasteiger partial charge in [-0.05, 0) is 30.3 Å². The predicted molar refractivity (Wildman–Crippen MR) is 92.3 cm³/mol. The fourth-order valence-corrected chi connectivity index (χ4v) is 2.96. The number of pyridine rings is 1. The third-order valence-electron chi connectivity index (χ3n) is 3.30. The molecule has 0 bridgehead atoms. The van der Waals surface area contributed by atoms with Gasteiger partial charge in [-0.15, -0.1) is 0 Å². The number of nitrogens with zero attached hydrogens (tertiary/aromatic N) is 2. The van der Waals surface area contributed by atoms with Crippen LogP contribution < -0.4 is 5.32 Å². The molecular formula is C17H15N3O3S. The van der Waals surface area contributed by atoms with E-state index in [1.54, 1.807) is 30.5 Å². The van der Waals surface area contributed by atoms with Crippen molar-refractivity contribution < 1.29 is 14.3 Å². The molecule has 1 N–H and O–H groups in total. The zero-order valence-electron chi connectivity index (χ0n) is 12.9. The highest BCUT2D eigenvalue weighted by Crippen LogP contribution is 2.19. The molecule has 0 aliphatic rings. The Morgan fingerprint density at radius 2 is 2.12 bits per heavy atom. The summed E-state index contributed by atoms with van der Waals surface area (Å²) in [4.78, 5) is 27.9. The van der Waals surface area contributed by atoms with Gasteiger partial charge in [-0.25, -0.2) is 9.78 Å². The van der Waals surface area contributed by atoms with Crippen molar-refractivity contribution in [2.24, 2.45) is 0 Å². The van der Waals surface area contributed by atoms with Crippen molar-refractivity contribution in [2.45, 2.75) is 5.16 Å². The van der Waals surface area contributed by atoms with Gasteiger partial charge in [-0.1, -0.05) is 23.9 Å². The highest BCUT2D eigenvalue weighted by atomic mass is 32.2. The Bertz CT molecular complexity index is 891. The van der Waals surface area contributed by atoms with Gasteiger partial charge >= 0.3 is 5.97 Å². The maximum atomic E-state index is 12.1. The van der Waals surface area contributed by atoms with Gasteiger partial charge in [0.25, 0.3) is 0 Å². The predicted octanol–water partition coefficient (Wildman–Crippen LogP) is 2.85. The van der Waals surface area contributed by atoms with Crippen LogP contribution in [0.1, 0.15) is 10.4 Å². The molecule has 0 aliphatic heterocycles. The number of methoxy groups -OCH3 is 1. The summed E-state index contributed by atoms with van der Waals surface area (Å²) in [6.45, 7) is 0. The fraction of sp³-hybridized carbons (Fsp3) is 0.118. The van der Waals surface area contributed by atoms with Crippen molar-refractivity contribution in [2.75, 3.05) is 18.2 Å². The second-order valence-electron chi connectivity index (χ2n) is 4.95. The molecule has 6 nitrogen and oxygen atoms in total. The molecule has 0 radical (unpaired) electrons. The summed E-state index contributed by atoms with van der Waals surface area (Å²) in [5.74, 6) is -0.393. The van der Waals surface area contributed by atoms with E-state index in [2.05, 4.69) is 15.0 Å². The Morgan fingerprint density at radius 3 is 2.96 bits per heavy atom. The molecule has 2 aromatic heterocycles. The molecule has 0 saturated carbocycles. The Labute approximate surface area is 142 Å². The number of anilines is 1. The second kappa shape index (κ2) is 7.18. The van der Waals surface area contributed by atoms with Crippen molar-refractivity contribution in [1.29, 1.82) is 0 Å². The van der Waals surface area contributed by atoms with E-state index in [4.69, 9.17) is 0 Å². The molecule has 24 heavy (non-hydrogen) atoms. The average molecular weight is 341 g/mol. The number of thioether (sulfide) groups is 1. The van der Waals surface area contributed by atoms with Crippen LogP contribution >= 0.6 is 11.8 Å². The molecule has 0 unspecified atom stereocenters. The van der Waals surface area contributed by atoms with E-state index in [1.807, 2.05) is 28.8 Å². The topological polar surface area (TPSA) is 72.7 Å². The monoisotopic (exact) mass is 341 g/mol. The summed E-state index contributed by atoms with van der Waals surface area (Å²) in [5.41, 5.74) is 1.92. The van der Waals surface area contributed by atoms with Gasteiger partial charge in [0.1, 0.15) is 0 Å². The zero-order valence-corrected chi connectivity index (χ0v) is 13.7. The number of nitrogens with one attached hydrogen (secondary N) is 1. The number of carbonyl (C=O) groups is 2. The van der Waals surface area contributed by atoms with Crippen LogP contribution in [0.25, 0.3) is 5.52 Å². The standard InChI is InChI=1S/C17H15N3O3S/c1-23-16(22)12-5-4-6-13(9-12)19-15(21)11-24-17-18-10-14-7-2-3-8-20(14)17/h2-10H,11H2,1H3,(H,19,21). The number of aromatic nitrogens is 2. The van der Waals surface area contributed by atoms with Gasteiger partial charge in [0.15, 0.2) is 5.16 Å². The summed E-state index contributed by atoms with van der Waals surface area (Å²) >= 11 is 1.35. The summed E-state index contributed by atoms with van der Waals surface area (Å²) in [6.07, 6.45) is 3.67. The number of rotatable bonds is 5. The van der Waals surface area contributed by atoms with Gasteiger partial charge in [-0.3, -0.25) is 9.20 Å². The lowest BCUT2D eigenvalue weighted by Gasteiger charge is -2.06. The van der Waals surface area contributed by atoms with Crippen molar-refractivity contribution in [3.05, 3.63) is 60.4 Å². The quantitative estimate of drug-likeness (QED) is 0.571. The van der Waals surface area contributed by atoms with Crippen molar-refractivity contribution in [3.8, 4) is 0 Å². The zero-order chi connectivity index (χ0) is 16.9. The highest BCUT2D eigenvalue weighted by Gasteiger charge is 2.10. The van der Waals surface area contributed by atoms with E-state index in [0.29, 0.717) is 11.3 Å². The number of carbonyl (C=O) groups excluding carboxylic acids is 2. The lowest BCUT2D eigenvalue weighted by atomic mass is 10.2. The number of hydrogen-bond donors (Lipinski definition) is 1. The first-order chi connectivity index (χ1) is 11.7. The molecule has 2 heterocycles. The SMILES string of the molecule is COC(=O)c1cccc(NC(=O)CSc2ncc3ccccn23)c1.